The summed E-state index contributed by atoms with van der Waals surface area (Å²) < 4.78 is 0.924. The number of hydrogen-bond acceptors (Lipinski definition) is 2. The molecule has 2 N–H and O–H groups in total. The van der Waals surface area contributed by atoms with Gasteiger partial charge in [0.1, 0.15) is 12.7 Å². The standard InChI is InChI=1S/C30H57N3O/c1-4-6-7-8-9-10-11-12-13-14-15-16-17-18-19-20-21-22-23-24-30-32-26-28-33(30,5-2)27-25-31-29(3)34/h21-22,26,28,30,32H,4-20,23-25,27H2,1-3H3/p+1/b22-21+. The minimum Gasteiger partial charge on any atom is -0.351 e. The fourth-order valence-electron chi connectivity index (χ4n) is 5.17. The quantitative estimate of drug-likeness (QED) is 0.0892. The van der Waals surface area contributed by atoms with Gasteiger partial charge in [0.25, 0.3) is 0 Å². The summed E-state index contributed by atoms with van der Waals surface area (Å²) in [6, 6.07) is 0. The average Bonchev–Trinajstić information content (AvgIpc) is 3.23. The molecule has 0 aromatic carbocycles. The molecule has 1 amide bonds. The van der Waals surface area contributed by atoms with Crippen LogP contribution in [0.5, 0.6) is 0 Å². The first-order valence-electron chi connectivity index (χ1n) is 14.8. The molecule has 0 radical (unpaired) electrons. The van der Waals surface area contributed by atoms with Crippen LogP contribution < -0.4 is 10.6 Å². The summed E-state index contributed by atoms with van der Waals surface area (Å²) in [5.41, 5.74) is 0. The molecule has 34 heavy (non-hydrogen) atoms. The number of rotatable bonds is 23. The highest BCUT2D eigenvalue weighted by Crippen LogP contribution is 2.22. The van der Waals surface area contributed by atoms with Crippen LogP contribution >= 0.6 is 0 Å². The summed E-state index contributed by atoms with van der Waals surface area (Å²) in [7, 11) is 0. The number of nitrogens with zero attached hydrogens (tertiary/aromatic N) is 1. The summed E-state index contributed by atoms with van der Waals surface area (Å²) in [5.74, 6) is 0.0590. The van der Waals surface area contributed by atoms with E-state index >= 15 is 0 Å². The highest BCUT2D eigenvalue weighted by atomic mass is 16.1. The minimum atomic E-state index is 0.0590. The van der Waals surface area contributed by atoms with Crippen molar-refractivity contribution in [2.45, 2.75) is 143 Å². The Hall–Kier alpha value is -1.29. The lowest BCUT2D eigenvalue weighted by atomic mass is 10.0. The lowest BCUT2D eigenvalue weighted by molar-refractivity contribution is -0.898. The molecule has 1 aliphatic rings. The van der Waals surface area contributed by atoms with Crippen molar-refractivity contribution in [3.63, 3.8) is 0 Å². The first-order valence-corrected chi connectivity index (χ1v) is 14.8. The molecule has 4 heteroatoms. The monoisotopic (exact) mass is 476 g/mol. The van der Waals surface area contributed by atoms with Crippen LogP contribution in [0.15, 0.2) is 24.6 Å². The number of unbranched alkanes of at least 4 members (excludes halogenated alkanes) is 15. The molecule has 1 heterocycles. The van der Waals surface area contributed by atoms with E-state index < -0.39 is 0 Å². The molecule has 0 saturated carbocycles. The van der Waals surface area contributed by atoms with Gasteiger partial charge in [-0.2, -0.15) is 0 Å². The van der Waals surface area contributed by atoms with Gasteiger partial charge in [-0.3, -0.25) is 9.28 Å². The van der Waals surface area contributed by atoms with Gasteiger partial charge < -0.3 is 10.6 Å². The number of carbonyl (C=O) groups excluding carboxylic acids is 1. The Bertz CT molecular complexity index is 545. The van der Waals surface area contributed by atoms with Gasteiger partial charge in [0, 0.05) is 13.3 Å². The van der Waals surface area contributed by atoms with Gasteiger partial charge in [0.2, 0.25) is 5.91 Å². The van der Waals surface area contributed by atoms with Crippen molar-refractivity contribution in [1.29, 1.82) is 0 Å². The van der Waals surface area contributed by atoms with Crippen molar-refractivity contribution in [1.82, 2.24) is 10.6 Å². The van der Waals surface area contributed by atoms with Crippen LogP contribution in [0.3, 0.4) is 0 Å². The molecule has 1 rings (SSSR count). The molecule has 1 aliphatic heterocycles. The van der Waals surface area contributed by atoms with Gasteiger partial charge >= 0.3 is 0 Å². The number of quaternary nitrogens is 1. The van der Waals surface area contributed by atoms with E-state index in [1.807, 2.05) is 0 Å². The number of hydrogen-bond donors (Lipinski definition) is 2. The van der Waals surface area contributed by atoms with Crippen molar-refractivity contribution in [3.05, 3.63) is 24.6 Å². The second-order valence-electron chi connectivity index (χ2n) is 10.4. The zero-order chi connectivity index (χ0) is 24.7. The maximum absolute atomic E-state index is 11.2. The predicted octanol–water partition coefficient (Wildman–Crippen LogP) is 7.96. The fraction of sp³-hybridized carbons (Fsp3) is 0.833. The van der Waals surface area contributed by atoms with Gasteiger partial charge in [-0.25, -0.2) is 0 Å². The number of nitrogens with one attached hydrogen (secondary N) is 2. The first-order chi connectivity index (χ1) is 16.6. The molecule has 0 aromatic heterocycles. The number of allylic oxidation sites excluding steroid dienone is 2. The molecule has 2 atom stereocenters. The summed E-state index contributed by atoms with van der Waals surface area (Å²) in [5, 5.41) is 6.49. The van der Waals surface area contributed by atoms with Gasteiger partial charge in [0.05, 0.1) is 19.3 Å². The Morgan fingerprint density at radius 2 is 1.35 bits per heavy atom. The molecule has 0 spiro atoms. The SMILES string of the molecule is CCCCCCCCCCCCCCCCC/C=C/CCC1NC=C[N+]1(CC)CCNC(C)=O. The van der Waals surface area contributed by atoms with Crippen LogP contribution in [0.2, 0.25) is 0 Å². The zero-order valence-corrected chi connectivity index (χ0v) is 23.1. The Morgan fingerprint density at radius 1 is 0.824 bits per heavy atom. The second-order valence-corrected chi connectivity index (χ2v) is 10.4. The smallest absolute Gasteiger partial charge is 0.217 e. The molecule has 0 aromatic rings. The Morgan fingerprint density at radius 3 is 1.88 bits per heavy atom. The molecule has 0 aliphatic carbocycles. The van der Waals surface area contributed by atoms with Crippen LogP contribution in [0.25, 0.3) is 0 Å². The van der Waals surface area contributed by atoms with Gasteiger partial charge in [-0.05, 0) is 26.2 Å². The fourth-order valence-corrected chi connectivity index (χ4v) is 5.17. The van der Waals surface area contributed by atoms with Crippen LogP contribution in [-0.2, 0) is 4.79 Å². The van der Waals surface area contributed by atoms with Gasteiger partial charge in [-0.15, -0.1) is 0 Å². The molecule has 2 unspecified atom stereocenters. The third-order valence-corrected chi connectivity index (χ3v) is 7.52. The van der Waals surface area contributed by atoms with Crippen molar-refractivity contribution >= 4 is 5.91 Å². The van der Waals surface area contributed by atoms with Gasteiger partial charge in [0.15, 0.2) is 6.17 Å². The molecule has 4 nitrogen and oxygen atoms in total. The minimum absolute atomic E-state index is 0.0590. The maximum atomic E-state index is 11.2. The van der Waals surface area contributed by atoms with E-state index in [0.717, 1.165) is 37.0 Å². The largest absolute Gasteiger partial charge is 0.351 e. The summed E-state index contributed by atoms with van der Waals surface area (Å²) >= 11 is 0. The lowest BCUT2D eigenvalue weighted by Gasteiger charge is -2.37. The topological polar surface area (TPSA) is 41.1 Å². The number of amides is 1. The van der Waals surface area contributed by atoms with Crippen molar-refractivity contribution < 1.29 is 9.28 Å². The first kappa shape index (κ1) is 30.7. The van der Waals surface area contributed by atoms with E-state index in [9.17, 15) is 4.79 Å². The van der Waals surface area contributed by atoms with E-state index in [0.29, 0.717) is 6.17 Å². The third-order valence-electron chi connectivity index (χ3n) is 7.52. The average molecular weight is 477 g/mol. The Balaban J connectivity index is 1.93. The summed E-state index contributed by atoms with van der Waals surface area (Å²) in [6.07, 6.45) is 34.5. The van der Waals surface area contributed by atoms with Crippen molar-refractivity contribution in [2.24, 2.45) is 0 Å². The second kappa shape index (κ2) is 21.0. The molecule has 198 valence electrons. The molecule has 0 fully saturated rings. The Kier molecular flexibility index (Phi) is 19.0. The van der Waals surface area contributed by atoms with Crippen molar-refractivity contribution in [3.8, 4) is 0 Å². The number of likely N-dealkylation sites (N-methyl/N-ethyl adjacent to an activating group) is 1. The van der Waals surface area contributed by atoms with Crippen LogP contribution in [0.1, 0.15) is 136 Å². The lowest BCUT2D eigenvalue weighted by Crippen LogP contribution is -2.55. The van der Waals surface area contributed by atoms with Crippen molar-refractivity contribution in [2.75, 3.05) is 19.6 Å². The van der Waals surface area contributed by atoms with E-state index in [1.165, 1.54) is 103 Å². The predicted molar refractivity (Wildman–Crippen MR) is 148 cm³/mol. The molecule has 0 bridgehead atoms. The van der Waals surface area contributed by atoms with Crippen LogP contribution in [0, 0.1) is 0 Å². The Labute approximate surface area is 212 Å². The van der Waals surface area contributed by atoms with E-state index in [4.69, 9.17) is 0 Å². The maximum Gasteiger partial charge on any atom is 0.217 e. The highest BCUT2D eigenvalue weighted by Gasteiger charge is 2.35. The molecular formula is C30H58N3O+. The zero-order valence-electron chi connectivity index (χ0n) is 23.1. The van der Waals surface area contributed by atoms with E-state index in [2.05, 4.69) is 49.0 Å². The highest BCUT2D eigenvalue weighted by molar-refractivity contribution is 5.72. The van der Waals surface area contributed by atoms with E-state index in [1.54, 1.807) is 6.92 Å². The molecular weight excluding hydrogens is 418 g/mol. The summed E-state index contributed by atoms with van der Waals surface area (Å²) in [6.45, 7) is 8.87. The normalized spacial score (nSPS) is 19.7. The van der Waals surface area contributed by atoms with Gasteiger partial charge in [-0.1, -0.05) is 109 Å². The third kappa shape index (κ3) is 14.9. The van der Waals surface area contributed by atoms with Crippen LogP contribution in [-0.4, -0.2) is 36.2 Å². The number of carbonyl (C=O) groups is 1. The van der Waals surface area contributed by atoms with Crippen LogP contribution in [0.4, 0.5) is 0 Å². The van der Waals surface area contributed by atoms with E-state index in [-0.39, 0.29) is 5.91 Å². The molecule has 0 saturated heterocycles. The summed E-state index contributed by atoms with van der Waals surface area (Å²) in [4.78, 5) is 11.2.